The van der Waals surface area contributed by atoms with Crippen LogP contribution in [0.25, 0.3) is 0 Å². The predicted molar refractivity (Wildman–Crippen MR) is 105 cm³/mol. The highest BCUT2D eigenvalue weighted by atomic mass is 35.5. The maximum absolute atomic E-state index is 12.6. The van der Waals surface area contributed by atoms with E-state index in [9.17, 15) is 9.59 Å². The van der Waals surface area contributed by atoms with E-state index >= 15 is 0 Å². The van der Waals surface area contributed by atoms with E-state index < -0.39 is 0 Å². The number of hydrogen-bond donors (Lipinski definition) is 1. The predicted octanol–water partition coefficient (Wildman–Crippen LogP) is 3.48. The third-order valence-corrected chi connectivity index (χ3v) is 5.86. The number of anilines is 1. The molecule has 1 fully saturated rings. The topological polar surface area (TPSA) is 65.5 Å². The van der Waals surface area contributed by atoms with E-state index in [1.165, 1.54) is 17.4 Å². The first-order valence-electron chi connectivity index (χ1n) is 8.03. The lowest BCUT2D eigenvalue weighted by molar-refractivity contribution is 0.0732. The highest BCUT2D eigenvalue weighted by Crippen LogP contribution is 2.24. The minimum atomic E-state index is -0.359. The van der Waals surface area contributed by atoms with Crippen LogP contribution in [-0.2, 0) is 0 Å². The van der Waals surface area contributed by atoms with Crippen LogP contribution in [0.4, 0.5) is 5.13 Å². The number of aromatic nitrogens is 1. The smallest absolute Gasteiger partial charge is 0.273 e. The molecule has 6 nitrogen and oxygen atoms in total. The largest absolute Gasteiger partial charge is 0.336 e. The standard InChI is InChI=1S/C17H18Cl2N4O2S/c1-22-6-5-11(8-22)23(2)16(25)14-9-26-17(20-14)21-15(24)10-3-4-12(18)13(19)7-10/h3-4,7,9,11H,5-6,8H2,1-2H3,(H,20,21,24). The van der Waals surface area contributed by atoms with Gasteiger partial charge in [-0.05, 0) is 38.2 Å². The van der Waals surface area contributed by atoms with Gasteiger partial charge in [-0.1, -0.05) is 23.2 Å². The quantitative estimate of drug-likeness (QED) is 0.834. The molecule has 3 rings (SSSR count). The average molecular weight is 413 g/mol. The summed E-state index contributed by atoms with van der Waals surface area (Å²) in [5, 5.41) is 5.38. The Bertz CT molecular complexity index is 842. The maximum atomic E-state index is 12.6. The molecule has 138 valence electrons. The van der Waals surface area contributed by atoms with Gasteiger partial charge in [0.1, 0.15) is 5.69 Å². The Morgan fingerprint density at radius 3 is 2.77 bits per heavy atom. The second kappa shape index (κ2) is 7.92. The van der Waals surface area contributed by atoms with Crippen molar-refractivity contribution in [3.63, 3.8) is 0 Å². The molecule has 26 heavy (non-hydrogen) atoms. The van der Waals surface area contributed by atoms with Crippen LogP contribution in [-0.4, -0.2) is 59.8 Å². The third kappa shape index (κ3) is 4.17. The van der Waals surface area contributed by atoms with Crippen LogP contribution in [0.3, 0.4) is 0 Å². The summed E-state index contributed by atoms with van der Waals surface area (Å²) in [6.07, 6.45) is 0.948. The van der Waals surface area contributed by atoms with Gasteiger partial charge in [0, 0.05) is 30.6 Å². The summed E-state index contributed by atoms with van der Waals surface area (Å²) in [6, 6.07) is 4.81. The number of nitrogens with one attached hydrogen (secondary N) is 1. The molecule has 1 aromatic heterocycles. The van der Waals surface area contributed by atoms with Crippen molar-refractivity contribution >= 4 is 51.5 Å². The number of halogens is 2. The zero-order chi connectivity index (χ0) is 18.8. The average Bonchev–Trinajstić information content (AvgIpc) is 3.25. The van der Waals surface area contributed by atoms with Gasteiger partial charge < -0.3 is 9.80 Å². The number of carbonyl (C=O) groups excluding carboxylic acids is 2. The molecule has 9 heteroatoms. The molecule has 1 saturated heterocycles. The van der Waals surface area contributed by atoms with Crippen molar-refractivity contribution in [3.05, 3.63) is 44.9 Å². The van der Waals surface area contributed by atoms with Gasteiger partial charge in [0.05, 0.1) is 10.0 Å². The van der Waals surface area contributed by atoms with Crippen LogP contribution in [0.1, 0.15) is 27.3 Å². The number of benzene rings is 1. The summed E-state index contributed by atoms with van der Waals surface area (Å²) in [5.74, 6) is -0.501. The van der Waals surface area contributed by atoms with Crippen LogP contribution >= 0.6 is 34.5 Å². The number of likely N-dealkylation sites (N-methyl/N-ethyl adjacent to an activating group) is 2. The number of rotatable bonds is 4. The summed E-state index contributed by atoms with van der Waals surface area (Å²) in [5.41, 5.74) is 0.699. The Hall–Kier alpha value is -1.67. The van der Waals surface area contributed by atoms with Gasteiger partial charge in [-0.3, -0.25) is 14.9 Å². The lowest BCUT2D eigenvalue weighted by Gasteiger charge is -2.23. The van der Waals surface area contributed by atoms with E-state index in [-0.39, 0.29) is 17.9 Å². The van der Waals surface area contributed by atoms with E-state index in [0.717, 1.165) is 19.5 Å². The summed E-state index contributed by atoms with van der Waals surface area (Å²) in [7, 11) is 3.83. The van der Waals surface area contributed by atoms with Crippen LogP contribution in [0.5, 0.6) is 0 Å². The molecule has 1 unspecified atom stereocenters. The second-order valence-electron chi connectivity index (χ2n) is 6.24. The molecule has 2 aromatic rings. The van der Waals surface area contributed by atoms with Crippen molar-refractivity contribution in [1.82, 2.24) is 14.8 Å². The van der Waals surface area contributed by atoms with Gasteiger partial charge in [0.25, 0.3) is 11.8 Å². The molecular weight excluding hydrogens is 395 g/mol. The zero-order valence-corrected chi connectivity index (χ0v) is 16.7. The third-order valence-electron chi connectivity index (χ3n) is 4.36. The van der Waals surface area contributed by atoms with Gasteiger partial charge >= 0.3 is 0 Å². The number of nitrogens with zero attached hydrogens (tertiary/aromatic N) is 3. The number of likely N-dealkylation sites (tertiary alicyclic amines) is 1. The van der Waals surface area contributed by atoms with Crippen LogP contribution in [0, 0.1) is 0 Å². The monoisotopic (exact) mass is 412 g/mol. The van der Waals surface area contributed by atoms with Gasteiger partial charge in [0.2, 0.25) is 0 Å². The highest BCUT2D eigenvalue weighted by molar-refractivity contribution is 7.14. The summed E-state index contributed by atoms with van der Waals surface area (Å²) in [4.78, 5) is 33.1. The maximum Gasteiger partial charge on any atom is 0.273 e. The number of hydrogen-bond acceptors (Lipinski definition) is 5. The van der Waals surface area contributed by atoms with Crippen molar-refractivity contribution in [1.29, 1.82) is 0 Å². The SMILES string of the molecule is CN1CCC(N(C)C(=O)c2csc(NC(=O)c3ccc(Cl)c(Cl)c3)n2)C1. The molecular formula is C17H18Cl2N4O2S. The number of carbonyl (C=O) groups is 2. The molecule has 2 heterocycles. The normalized spacial score (nSPS) is 17.3. The molecule has 2 amide bonds. The van der Waals surface area contributed by atoms with Crippen molar-refractivity contribution in [2.45, 2.75) is 12.5 Å². The fraction of sp³-hybridized carbons (Fsp3) is 0.353. The van der Waals surface area contributed by atoms with E-state index in [1.807, 2.05) is 7.05 Å². The first-order valence-corrected chi connectivity index (χ1v) is 9.66. The molecule has 1 aliphatic heterocycles. The van der Waals surface area contributed by atoms with Crippen molar-refractivity contribution in [3.8, 4) is 0 Å². The lowest BCUT2D eigenvalue weighted by Crippen LogP contribution is -2.38. The molecule has 0 radical (unpaired) electrons. The number of thiazole rings is 1. The van der Waals surface area contributed by atoms with Crippen molar-refractivity contribution in [2.75, 3.05) is 32.5 Å². The molecule has 0 aliphatic carbocycles. The summed E-state index contributed by atoms with van der Waals surface area (Å²) in [6.45, 7) is 1.83. The van der Waals surface area contributed by atoms with Gasteiger partial charge in [0.15, 0.2) is 5.13 Å². The van der Waals surface area contributed by atoms with Crippen molar-refractivity contribution < 1.29 is 9.59 Å². The molecule has 1 aromatic carbocycles. The van der Waals surface area contributed by atoms with E-state index in [0.29, 0.717) is 26.4 Å². The first kappa shape index (κ1) is 19.1. The zero-order valence-electron chi connectivity index (χ0n) is 14.3. The second-order valence-corrected chi connectivity index (χ2v) is 7.91. The Labute approximate surface area is 165 Å². The Morgan fingerprint density at radius 1 is 1.35 bits per heavy atom. The number of amides is 2. The Kier molecular flexibility index (Phi) is 5.82. The highest BCUT2D eigenvalue weighted by Gasteiger charge is 2.28. The molecule has 1 N–H and O–H groups in total. The van der Waals surface area contributed by atoms with Crippen molar-refractivity contribution in [2.24, 2.45) is 0 Å². The molecule has 0 spiro atoms. The Morgan fingerprint density at radius 2 is 2.12 bits per heavy atom. The van der Waals surface area contributed by atoms with E-state index in [4.69, 9.17) is 23.2 Å². The van der Waals surface area contributed by atoms with E-state index in [1.54, 1.807) is 29.5 Å². The lowest BCUT2D eigenvalue weighted by atomic mass is 10.2. The Balaban J connectivity index is 1.66. The molecule has 1 aliphatic rings. The first-order chi connectivity index (χ1) is 12.3. The van der Waals surface area contributed by atoms with Gasteiger partial charge in [-0.2, -0.15) is 0 Å². The van der Waals surface area contributed by atoms with Crippen LogP contribution in [0.15, 0.2) is 23.6 Å². The summed E-state index contributed by atoms with van der Waals surface area (Å²) < 4.78 is 0. The minimum Gasteiger partial charge on any atom is -0.336 e. The van der Waals surface area contributed by atoms with Gasteiger partial charge in [-0.15, -0.1) is 11.3 Å². The summed E-state index contributed by atoms with van der Waals surface area (Å²) >= 11 is 13.0. The fourth-order valence-corrected chi connectivity index (χ4v) is 3.79. The molecule has 0 bridgehead atoms. The van der Waals surface area contributed by atoms with E-state index in [2.05, 4.69) is 15.2 Å². The van der Waals surface area contributed by atoms with Gasteiger partial charge in [-0.25, -0.2) is 4.98 Å². The van der Waals surface area contributed by atoms with Crippen LogP contribution in [0.2, 0.25) is 10.0 Å². The molecule has 0 saturated carbocycles. The van der Waals surface area contributed by atoms with Crippen LogP contribution < -0.4 is 5.32 Å². The molecule has 1 atom stereocenters. The minimum absolute atomic E-state index is 0.142. The fourth-order valence-electron chi connectivity index (χ4n) is 2.81.